The van der Waals surface area contributed by atoms with E-state index in [0.717, 1.165) is 49.5 Å². The number of hydrogen-bond acceptors (Lipinski definition) is 9. The monoisotopic (exact) mass is 561 g/mol. The number of rotatable bonds is 11. The van der Waals surface area contributed by atoms with Gasteiger partial charge in [-0.2, -0.15) is 3.89 Å². The van der Waals surface area contributed by atoms with Crippen LogP contribution in [0.4, 0.5) is 8.68 Å². The minimum atomic E-state index is -0.432. The zero-order chi connectivity index (χ0) is 26.6. The summed E-state index contributed by atoms with van der Waals surface area (Å²) in [5.41, 5.74) is 0.636. The number of methoxy groups -OCH3 is 1. The van der Waals surface area contributed by atoms with E-state index in [2.05, 4.69) is 42.2 Å². The molecule has 4 aliphatic rings. The Balaban J connectivity index is 1.26. The number of epoxide rings is 2. The molecule has 0 bridgehead atoms. The highest BCUT2D eigenvalue weighted by Crippen LogP contribution is 2.59. The molecule has 2 saturated carbocycles. The summed E-state index contributed by atoms with van der Waals surface area (Å²) in [4.78, 5) is 24.8. The maximum absolute atomic E-state index is 12.9. The SMILES string of the molecule is COC1C(OC(=O)NC2CCC(NC(=O)CNSSF)CC2)CC[C@]2(CO2)C1[C@]1(C)OC1CC=C(C)C. The highest BCUT2D eigenvalue weighted by Gasteiger charge is 2.72. The second-order valence-corrected chi connectivity index (χ2v) is 12.5. The van der Waals surface area contributed by atoms with Crippen molar-refractivity contribution in [1.29, 1.82) is 0 Å². The second kappa shape index (κ2) is 12.4. The standard InChI is InChI=1S/C25H40FN3O6S2/c1-15(2)5-10-19-24(3,35-19)22-21(32-4)18(11-12-25(22)14-33-25)34-23(31)29-17-8-6-16(7-9-17)28-20(30)13-27-37-36-26/h5,16-19,21-22,27H,6-14H2,1-4H3,(H,28,30)(H,29,31)/t16?,17?,18?,19?,21?,22?,24-,25+/m1/s1. The van der Waals surface area contributed by atoms with E-state index >= 15 is 0 Å². The number of carbonyl (C=O) groups excluding carboxylic acids is 2. The van der Waals surface area contributed by atoms with E-state index in [0.29, 0.717) is 13.0 Å². The van der Waals surface area contributed by atoms with Crippen LogP contribution in [0.25, 0.3) is 0 Å². The molecule has 0 radical (unpaired) electrons. The van der Waals surface area contributed by atoms with E-state index in [4.69, 9.17) is 18.9 Å². The van der Waals surface area contributed by atoms with Crippen molar-refractivity contribution < 1.29 is 32.4 Å². The Hall–Kier alpha value is -1.05. The van der Waals surface area contributed by atoms with Gasteiger partial charge in [-0.05, 0) is 65.7 Å². The summed E-state index contributed by atoms with van der Waals surface area (Å²) in [5.74, 6) is -0.175. The van der Waals surface area contributed by atoms with Crippen LogP contribution in [0.2, 0.25) is 0 Å². The van der Waals surface area contributed by atoms with Crippen LogP contribution in [-0.2, 0) is 23.7 Å². The van der Waals surface area contributed by atoms with Gasteiger partial charge in [0.2, 0.25) is 5.91 Å². The largest absolute Gasteiger partial charge is 0.443 e. The Kier molecular flexibility index (Phi) is 9.72. The third kappa shape index (κ3) is 7.13. The van der Waals surface area contributed by atoms with Crippen LogP contribution in [0, 0.1) is 5.92 Å². The molecule has 9 nitrogen and oxygen atoms in total. The predicted octanol–water partition coefficient (Wildman–Crippen LogP) is 3.99. The normalized spacial score (nSPS) is 38.5. The Morgan fingerprint density at radius 2 is 1.81 bits per heavy atom. The van der Waals surface area contributed by atoms with Gasteiger partial charge in [-0.25, -0.2) is 9.52 Å². The van der Waals surface area contributed by atoms with E-state index < -0.39 is 6.09 Å². The van der Waals surface area contributed by atoms with E-state index in [1.54, 1.807) is 7.11 Å². The molecule has 210 valence electrons. The van der Waals surface area contributed by atoms with Crippen LogP contribution in [0.15, 0.2) is 11.6 Å². The molecule has 6 atom stereocenters. The molecule has 4 fully saturated rings. The molecule has 1 spiro atoms. The molecule has 2 amide bonds. The lowest BCUT2D eigenvalue weighted by molar-refractivity contribution is -0.120. The van der Waals surface area contributed by atoms with Crippen molar-refractivity contribution in [3.05, 3.63) is 11.6 Å². The highest BCUT2D eigenvalue weighted by molar-refractivity contribution is 8.74. The van der Waals surface area contributed by atoms with Crippen LogP contribution >= 0.6 is 22.2 Å². The van der Waals surface area contributed by atoms with Crippen molar-refractivity contribution in [3.8, 4) is 0 Å². The van der Waals surface area contributed by atoms with E-state index in [1.165, 1.54) is 5.57 Å². The van der Waals surface area contributed by atoms with Gasteiger partial charge in [-0.3, -0.25) is 4.79 Å². The summed E-state index contributed by atoms with van der Waals surface area (Å²) in [6.45, 7) is 7.05. The van der Waals surface area contributed by atoms with Gasteiger partial charge in [0.15, 0.2) is 0 Å². The molecular formula is C25H40FN3O6S2. The second-order valence-electron chi connectivity index (χ2n) is 11.0. The third-order valence-electron chi connectivity index (χ3n) is 8.23. The third-order valence-corrected chi connectivity index (χ3v) is 9.10. The number of carbonyl (C=O) groups is 2. The summed E-state index contributed by atoms with van der Waals surface area (Å²) < 4.78 is 38.8. The fourth-order valence-corrected chi connectivity index (χ4v) is 6.73. The molecule has 3 N–H and O–H groups in total. The number of hydrogen-bond donors (Lipinski definition) is 3. The first-order valence-electron chi connectivity index (χ1n) is 13.1. The molecule has 2 saturated heterocycles. The maximum atomic E-state index is 12.9. The first kappa shape index (κ1) is 28.9. The smallest absolute Gasteiger partial charge is 0.407 e. The lowest BCUT2D eigenvalue weighted by Gasteiger charge is -2.42. The number of halogens is 1. The zero-order valence-corrected chi connectivity index (χ0v) is 23.7. The Morgan fingerprint density at radius 3 is 2.41 bits per heavy atom. The molecule has 2 aliphatic heterocycles. The van der Waals surface area contributed by atoms with Crippen LogP contribution in [0.3, 0.4) is 0 Å². The first-order valence-corrected chi connectivity index (χ1v) is 15.2. The molecule has 2 heterocycles. The lowest BCUT2D eigenvalue weighted by Crippen LogP contribution is -2.56. The van der Waals surface area contributed by atoms with Gasteiger partial charge in [0.05, 0.1) is 25.2 Å². The summed E-state index contributed by atoms with van der Waals surface area (Å²) in [7, 11) is 2.46. The van der Waals surface area contributed by atoms with Crippen LogP contribution in [0.5, 0.6) is 0 Å². The fourth-order valence-electron chi connectivity index (χ4n) is 6.19. The van der Waals surface area contributed by atoms with Crippen LogP contribution in [-0.4, -0.2) is 73.9 Å². The summed E-state index contributed by atoms with van der Waals surface area (Å²) in [6, 6.07) is 0.0465. The Labute approximate surface area is 226 Å². The predicted molar refractivity (Wildman–Crippen MR) is 141 cm³/mol. The first-order chi connectivity index (χ1) is 17.7. The molecule has 2 aliphatic carbocycles. The number of allylic oxidation sites excluding steroid dienone is 1. The Morgan fingerprint density at radius 1 is 1.14 bits per heavy atom. The van der Waals surface area contributed by atoms with Crippen molar-refractivity contribution in [3.63, 3.8) is 0 Å². The summed E-state index contributed by atoms with van der Waals surface area (Å²) >= 11 is 0.0705. The average Bonchev–Trinajstić information content (AvgIpc) is 3.77. The van der Waals surface area contributed by atoms with Crippen molar-refractivity contribution >= 4 is 34.2 Å². The number of ether oxygens (including phenoxy) is 4. The molecule has 4 rings (SSSR count). The van der Waals surface area contributed by atoms with Gasteiger partial charge in [0, 0.05) is 30.2 Å². The molecule has 37 heavy (non-hydrogen) atoms. The Bertz CT molecular complexity index is 850. The van der Waals surface area contributed by atoms with Crippen molar-refractivity contribution in [2.75, 3.05) is 20.3 Å². The topological polar surface area (TPSA) is 114 Å². The van der Waals surface area contributed by atoms with Crippen LogP contribution < -0.4 is 15.4 Å². The van der Waals surface area contributed by atoms with Gasteiger partial charge < -0.3 is 29.6 Å². The van der Waals surface area contributed by atoms with Crippen molar-refractivity contribution in [2.45, 2.75) is 107 Å². The van der Waals surface area contributed by atoms with E-state index in [9.17, 15) is 13.5 Å². The zero-order valence-electron chi connectivity index (χ0n) is 22.0. The molecule has 4 unspecified atom stereocenters. The maximum Gasteiger partial charge on any atom is 0.407 e. The quantitative estimate of drug-likeness (QED) is 0.113. The van der Waals surface area contributed by atoms with Crippen molar-refractivity contribution in [1.82, 2.24) is 15.4 Å². The van der Waals surface area contributed by atoms with Crippen LogP contribution in [0.1, 0.15) is 65.7 Å². The lowest BCUT2D eigenvalue weighted by atomic mass is 9.68. The summed E-state index contributed by atoms with van der Waals surface area (Å²) in [5, 5.41) is 5.97. The minimum Gasteiger partial charge on any atom is -0.443 e. The van der Waals surface area contributed by atoms with Gasteiger partial charge in [0.25, 0.3) is 0 Å². The molecular weight excluding hydrogens is 521 g/mol. The van der Waals surface area contributed by atoms with Gasteiger partial charge in [-0.15, -0.1) is 0 Å². The number of alkyl carbamates (subject to hydrolysis) is 1. The van der Waals surface area contributed by atoms with Gasteiger partial charge >= 0.3 is 6.09 Å². The molecule has 0 aromatic carbocycles. The van der Waals surface area contributed by atoms with E-state index in [-0.39, 0.29) is 71.1 Å². The molecule has 12 heteroatoms. The van der Waals surface area contributed by atoms with E-state index in [1.807, 2.05) is 0 Å². The number of nitrogens with one attached hydrogen (secondary N) is 3. The van der Waals surface area contributed by atoms with Gasteiger partial charge in [-0.1, -0.05) is 11.6 Å². The summed E-state index contributed by atoms with van der Waals surface area (Å²) in [6.07, 6.45) is 6.55. The minimum absolute atomic E-state index is 0.00602. The molecule has 0 aromatic rings. The van der Waals surface area contributed by atoms with Crippen molar-refractivity contribution in [2.24, 2.45) is 5.92 Å². The highest BCUT2D eigenvalue weighted by atomic mass is 33.1. The molecule has 0 aromatic heterocycles. The number of amides is 2. The average molecular weight is 562 g/mol. The van der Waals surface area contributed by atoms with Gasteiger partial charge in [0.1, 0.15) is 34.6 Å². The fraction of sp³-hybridized carbons (Fsp3) is 0.840.